The monoisotopic (exact) mass is 334 g/mol. The third-order valence-corrected chi connectivity index (χ3v) is 4.04. The molecule has 0 bridgehead atoms. The average molecular weight is 335 g/mol. The summed E-state index contributed by atoms with van der Waals surface area (Å²) < 4.78 is 0. The van der Waals surface area contributed by atoms with Crippen LogP contribution in [0.25, 0.3) is 0 Å². The Morgan fingerprint density at radius 1 is 1.44 bits per heavy atom. The Morgan fingerprint density at radius 3 is 2.72 bits per heavy atom. The van der Waals surface area contributed by atoms with Gasteiger partial charge in [0.05, 0.1) is 9.80 Å². The van der Waals surface area contributed by atoms with Gasteiger partial charge in [0.2, 0.25) is 0 Å². The highest BCUT2D eigenvalue weighted by molar-refractivity contribution is 9.09. The molecule has 0 N–H and O–H groups in total. The van der Waals surface area contributed by atoms with Crippen LogP contribution in [-0.4, -0.2) is 34.7 Å². The van der Waals surface area contributed by atoms with Crippen LogP contribution >= 0.6 is 27.3 Å². The number of nitro groups is 1. The van der Waals surface area contributed by atoms with Crippen molar-refractivity contribution in [2.75, 3.05) is 18.9 Å². The van der Waals surface area contributed by atoms with Gasteiger partial charge in [-0.15, -0.1) is 0 Å². The van der Waals surface area contributed by atoms with Crippen LogP contribution in [0.4, 0.5) is 5.00 Å². The van der Waals surface area contributed by atoms with Gasteiger partial charge in [-0.25, -0.2) is 0 Å². The summed E-state index contributed by atoms with van der Waals surface area (Å²) in [5.41, 5.74) is 0. The highest BCUT2D eigenvalue weighted by Gasteiger charge is 2.17. The highest BCUT2D eigenvalue weighted by atomic mass is 79.9. The fourth-order valence-electron chi connectivity index (χ4n) is 1.45. The summed E-state index contributed by atoms with van der Waals surface area (Å²) >= 11 is 4.28. The van der Waals surface area contributed by atoms with Crippen molar-refractivity contribution in [2.24, 2.45) is 0 Å². The second kappa shape index (κ2) is 7.48. The Bertz CT molecular complexity index is 422. The molecule has 0 fully saturated rings. The van der Waals surface area contributed by atoms with Gasteiger partial charge >= 0.3 is 5.00 Å². The van der Waals surface area contributed by atoms with Gasteiger partial charge in [-0.2, -0.15) is 0 Å². The van der Waals surface area contributed by atoms with Crippen LogP contribution in [0.15, 0.2) is 12.1 Å². The van der Waals surface area contributed by atoms with Gasteiger partial charge in [0.25, 0.3) is 5.91 Å². The molecule has 0 radical (unpaired) electrons. The molecular formula is C11H15BrN2O3S. The molecule has 0 aromatic carbocycles. The number of carbonyl (C=O) groups excluding carboxylic acids is 1. The third-order valence-electron chi connectivity index (χ3n) is 2.46. The molecule has 0 aliphatic rings. The number of hydrogen-bond acceptors (Lipinski definition) is 4. The Morgan fingerprint density at radius 2 is 2.17 bits per heavy atom. The summed E-state index contributed by atoms with van der Waals surface area (Å²) in [7, 11) is 1.72. The summed E-state index contributed by atoms with van der Waals surface area (Å²) in [5, 5.41) is 11.5. The summed E-state index contributed by atoms with van der Waals surface area (Å²) in [6.45, 7) is 0.678. The summed E-state index contributed by atoms with van der Waals surface area (Å²) in [6.07, 6.45) is 3.10. The zero-order chi connectivity index (χ0) is 13.5. The molecule has 0 unspecified atom stereocenters. The Kier molecular flexibility index (Phi) is 6.28. The number of rotatable bonds is 7. The van der Waals surface area contributed by atoms with Crippen molar-refractivity contribution in [3.63, 3.8) is 0 Å². The van der Waals surface area contributed by atoms with Crippen molar-refractivity contribution in [3.8, 4) is 0 Å². The van der Waals surface area contributed by atoms with Crippen LogP contribution in [-0.2, 0) is 0 Å². The molecule has 1 heterocycles. The van der Waals surface area contributed by atoms with E-state index in [1.165, 1.54) is 12.1 Å². The summed E-state index contributed by atoms with van der Waals surface area (Å²) in [5.74, 6) is -0.146. The number of halogens is 1. The molecule has 18 heavy (non-hydrogen) atoms. The van der Waals surface area contributed by atoms with Crippen molar-refractivity contribution >= 4 is 38.2 Å². The lowest BCUT2D eigenvalue weighted by Crippen LogP contribution is -2.26. The molecule has 0 saturated heterocycles. The van der Waals surface area contributed by atoms with E-state index in [0.717, 1.165) is 35.9 Å². The molecule has 1 amide bonds. The van der Waals surface area contributed by atoms with Crippen LogP contribution in [0.1, 0.15) is 28.9 Å². The van der Waals surface area contributed by atoms with Crippen LogP contribution in [0.3, 0.4) is 0 Å². The van der Waals surface area contributed by atoms with Gasteiger partial charge in [0, 0.05) is 25.0 Å². The zero-order valence-electron chi connectivity index (χ0n) is 10.1. The fraction of sp³-hybridized carbons (Fsp3) is 0.545. The molecule has 100 valence electrons. The molecule has 1 aromatic heterocycles. The number of alkyl halides is 1. The smallest absolute Gasteiger partial charge is 0.324 e. The zero-order valence-corrected chi connectivity index (χ0v) is 12.5. The normalized spacial score (nSPS) is 10.3. The molecule has 7 heteroatoms. The predicted molar refractivity (Wildman–Crippen MR) is 75.6 cm³/mol. The number of thiophene rings is 1. The molecular weight excluding hydrogens is 320 g/mol. The number of hydrogen-bond donors (Lipinski definition) is 0. The van der Waals surface area contributed by atoms with E-state index in [-0.39, 0.29) is 10.9 Å². The van der Waals surface area contributed by atoms with E-state index in [9.17, 15) is 14.9 Å². The molecule has 0 aliphatic carbocycles. The van der Waals surface area contributed by atoms with Crippen molar-refractivity contribution in [2.45, 2.75) is 19.3 Å². The highest BCUT2D eigenvalue weighted by Crippen LogP contribution is 2.24. The third kappa shape index (κ3) is 4.38. The number of carbonyl (C=O) groups is 1. The molecule has 1 aromatic rings. The lowest BCUT2D eigenvalue weighted by molar-refractivity contribution is -0.380. The largest absolute Gasteiger partial charge is 0.341 e. The molecule has 0 atom stereocenters. The molecule has 1 rings (SSSR count). The number of amides is 1. The van der Waals surface area contributed by atoms with Crippen LogP contribution < -0.4 is 0 Å². The lowest BCUT2D eigenvalue weighted by Gasteiger charge is -2.15. The Labute approximate surface area is 118 Å². The molecule has 0 spiro atoms. The maximum absolute atomic E-state index is 11.9. The van der Waals surface area contributed by atoms with Gasteiger partial charge in [-0.05, 0) is 18.9 Å². The number of nitrogens with zero attached hydrogens (tertiary/aromatic N) is 2. The lowest BCUT2D eigenvalue weighted by atomic mass is 10.2. The van der Waals surface area contributed by atoms with E-state index in [2.05, 4.69) is 15.9 Å². The topological polar surface area (TPSA) is 63.5 Å². The molecule has 0 aliphatic heterocycles. The molecule has 5 nitrogen and oxygen atoms in total. The van der Waals surface area contributed by atoms with E-state index in [4.69, 9.17) is 0 Å². The quantitative estimate of drug-likeness (QED) is 0.332. The first-order valence-corrected chi connectivity index (χ1v) is 7.55. The minimum Gasteiger partial charge on any atom is -0.341 e. The maximum Gasteiger partial charge on any atom is 0.324 e. The summed E-state index contributed by atoms with van der Waals surface area (Å²) in [6, 6.07) is 2.89. The van der Waals surface area contributed by atoms with Crippen LogP contribution in [0.2, 0.25) is 0 Å². The Hall–Kier alpha value is -0.950. The van der Waals surface area contributed by atoms with Crippen molar-refractivity contribution < 1.29 is 9.72 Å². The standard InChI is InChI=1S/C11H15BrN2O3S/c1-13(8-4-2-3-7-12)11(15)9-5-6-10(18-9)14(16)17/h5-6H,2-4,7-8H2,1H3. The SMILES string of the molecule is CN(CCCCCBr)C(=O)c1ccc([N+](=O)[O-])s1. The van der Waals surface area contributed by atoms with Crippen molar-refractivity contribution in [3.05, 3.63) is 27.1 Å². The first kappa shape index (κ1) is 15.1. The minimum absolute atomic E-state index is 0.00559. The van der Waals surface area contributed by atoms with E-state index in [1.54, 1.807) is 11.9 Å². The van der Waals surface area contributed by atoms with Crippen LogP contribution in [0.5, 0.6) is 0 Å². The van der Waals surface area contributed by atoms with E-state index < -0.39 is 4.92 Å². The Balaban J connectivity index is 2.49. The van der Waals surface area contributed by atoms with Crippen molar-refractivity contribution in [1.29, 1.82) is 0 Å². The molecule has 0 saturated carbocycles. The van der Waals surface area contributed by atoms with E-state index >= 15 is 0 Å². The van der Waals surface area contributed by atoms with Gasteiger partial charge in [0.15, 0.2) is 0 Å². The van der Waals surface area contributed by atoms with Gasteiger partial charge in [-0.3, -0.25) is 14.9 Å². The van der Waals surface area contributed by atoms with Crippen molar-refractivity contribution in [1.82, 2.24) is 4.90 Å². The minimum atomic E-state index is -0.475. The van der Waals surface area contributed by atoms with Crippen LogP contribution in [0, 0.1) is 10.1 Å². The summed E-state index contributed by atoms with van der Waals surface area (Å²) in [4.78, 5) is 24.0. The first-order valence-electron chi connectivity index (χ1n) is 5.62. The second-order valence-electron chi connectivity index (χ2n) is 3.87. The van der Waals surface area contributed by atoms with Gasteiger partial charge in [0.1, 0.15) is 0 Å². The number of unbranched alkanes of at least 4 members (excludes halogenated alkanes) is 2. The average Bonchev–Trinajstić information content (AvgIpc) is 2.83. The van der Waals surface area contributed by atoms with E-state index in [1.807, 2.05) is 0 Å². The van der Waals surface area contributed by atoms with E-state index in [0.29, 0.717) is 11.4 Å². The first-order chi connectivity index (χ1) is 8.56. The fourth-order valence-corrected chi connectivity index (χ4v) is 2.66. The van der Waals surface area contributed by atoms with Gasteiger partial charge in [-0.1, -0.05) is 33.7 Å². The maximum atomic E-state index is 11.9. The predicted octanol–water partition coefficient (Wildman–Crippen LogP) is 3.29. The van der Waals surface area contributed by atoms with Gasteiger partial charge < -0.3 is 4.90 Å². The second-order valence-corrected chi connectivity index (χ2v) is 5.73.